The first-order valence-electron chi connectivity index (χ1n) is 5.00. The summed E-state index contributed by atoms with van der Waals surface area (Å²) in [5.74, 6) is 0.675. The molecule has 0 saturated carbocycles. The van der Waals surface area contributed by atoms with Crippen molar-refractivity contribution in [2.45, 2.75) is 17.4 Å². The minimum Gasteiger partial charge on any atom is -0.493 e. The van der Waals surface area contributed by atoms with Crippen LogP contribution in [-0.4, -0.2) is 22.1 Å². The summed E-state index contributed by atoms with van der Waals surface area (Å²) in [5, 5.41) is 0. The van der Waals surface area contributed by atoms with Gasteiger partial charge in [0.2, 0.25) is 10.0 Å². The van der Waals surface area contributed by atoms with E-state index in [4.69, 9.17) is 10.5 Å². The summed E-state index contributed by atoms with van der Waals surface area (Å²) in [6, 6.07) is 4.59. The highest BCUT2D eigenvalue weighted by Gasteiger charge is 2.21. The number of nitrogens with one attached hydrogen (secondary N) is 1. The van der Waals surface area contributed by atoms with Gasteiger partial charge in [-0.1, -0.05) is 0 Å². The third kappa shape index (κ3) is 1.91. The summed E-state index contributed by atoms with van der Waals surface area (Å²) in [6.45, 7) is 0.576. The van der Waals surface area contributed by atoms with E-state index in [0.29, 0.717) is 18.8 Å². The van der Waals surface area contributed by atoms with Crippen molar-refractivity contribution in [1.82, 2.24) is 4.72 Å². The van der Waals surface area contributed by atoms with Gasteiger partial charge in [0.05, 0.1) is 11.5 Å². The van der Waals surface area contributed by atoms with E-state index in [1.165, 1.54) is 13.1 Å². The van der Waals surface area contributed by atoms with E-state index in [9.17, 15) is 8.42 Å². The molecular formula is C10H14N2O3S. The first-order valence-corrected chi connectivity index (χ1v) is 6.49. The van der Waals surface area contributed by atoms with Gasteiger partial charge in [0, 0.05) is 18.0 Å². The van der Waals surface area contributed by atoms with Crippen LogP contribution in [0.5, 0.6) is 5.75 Å². The van der Waals surface area contributed by atoms with Crippen LogP contribution < -0.4 is 15.2 Å². The van der Waals surface area contributed by atoms with Crippen molar-refractivity contribution in [3.63, 3.8) is 0 Å². The maximum absolute atomic E-state index is 11.6. The fourth-order valence-electron chi connectivity index (χ4n) is 1.68. The summed E-state index contributed by atoms with van der Waals surface area (Å²) in [5.41, 5.74) is 6.66. The molecule has 0 radical (unpaired) electrons. The fourth-order valence-corrected chi connectivity index (χ4v) is 2.45. The summed E-state index contributed by atoms with van der Waals surface area (Å²) < 4.78 is 30.9. The summed E-state index contributed by atoms with van der Waals surface area (Å²) in [4.78, 5) is 0.217. The lowest BCUT2D eigenvalue weighted by atomic mass is 10.0. The Morgan fingerprint density at radius 1 is 1.50 bits per heavy atom. The van der Waals surface area contributed by atoms with Gasteiger partial charge >= 0.3 is 0 Å². The molecule has 1 aliphatic rings. The number of benzene rings is 1. The fraction of sp³-hybridized carbons (Fsp3) is 0.400. The predicted octanol–water partition coefficient (Wildman–Crippen LogP) is 0.377. The van der Waals surface area contributed by atoms with Crippen LogP contribution >= 0.6 is 0 Å². The van der Waals surface area contributed by atoms with Crippen LogP contribution in [0.2, 0.25) is 0 Å². The molecule has 0 spiro atoms. The number of fused-ring (bicyclic) bond motifs is 1. The average Bonchev–Trinajstić information content (AvgIpc) is 2.29. The Morgan fingerprint density at radius 2 is 2.25 bits per heavy atom. The van der Waals surface area contributed by atoms with Crippen molar-refractivity contribution in [3.8, 4) is 5.75 Å². The van der Waals surface area contributed by atoms with Crippen LogP contribution in [0.1, 0.15) is 18.0 Å². The zero-order valence-electron chi connectivity index (χ0n) is 8.93. The van der Waals surface area contributed by atoms with E-state index in [1.807, 2.05) is 0 Å². The van der Waals surface area contributed by atoms with Gasteiger partial charge < -0.3 is 10.5 Å². The zero-order chi connectivity index (χ0) is 11.8. The highest BCUT2D eigenvalue weighted by atomic mass is 32.2. The molecule has 1 atom stereocenters. The Labute approximate surface area is 94.6 Å². The Hall–Kier alpha value is -1.11. The van der Waals surface area contributed by atoms with Crippen molar-refractivity contribution in [1.29, 1.82) is 0 Å². The second-order valence-electron chi connectivity index (χ2n) is 3.65. The first-order chi connectivity index (χ1) is 7.54. The van der Waals surface area contributed by atoms with Gasteiger partial charge in [0.15, 0.2) is 0 Å². The second-order valence-corrected chi connectivity index (χ2v) is 5.54. The quantitative estimate of drug-likeness (QED) is 0.785. The molecule has 1 aromatic rings. The monoisotopic (exact) mass is 242 g/mol. The van der Waals surface area contributed by atoms with Crippen LogP contribution in [0.4, 0.5) is 0 Å². The standard InChI is InChI=1S/C10H14N2O3S/c1-12-16(13,14)7-2-3-10-8(6-7)9(11)4-5-15-10/h2-3,6,9,12H,4-5,11H2,1H3. The molecule has 0 aliphatic carbocycles. The van der Waals surface area contributed by atoms with Crippen LogP contribution in [0.3, 0.4) is 0 Å². The molecule has 88 valence electrons. The summed E-state index contributed by atoms with van der Waals surface area (Å²) >= 11 is 0. The molecule has 5 nitrogen and oxygen atoms in total. The lowest BCUT2D eigenvalue weighted by Crippen LogP contribution is -2.23. The minimum atomic E-state index is -3.42. The topological polar surface area (TPSA) is 81.4 Å². The molecule has 1 unspecified atom stereocenters. The third-order valence-corrected chi connectivity index (χ3v) is 4.06. The van der Waals surface area contributed by atoms with Crippen molar-refractivity contribution in [3.05, 3.63) is 23.8 Å². The van der Waals surface area contributed by atoms with Crippen LogP contribution in [0.15, 0.2) is 23.1 Å². The maximum atomic E-state index is 11.6. The molecule has 0 fully saturated rings. The molecule has 6 heteroatoms. The average molecular weight is 242 g/mol. The van der Waals surface area contributed by atoms with Gasteiger partial charge in [-0.05, 0) is 25.2 Å². The molecule has 0 amide bonds. The van der Waals surface area contributed by atoms with E-state index in [0.717, 1.165) is 5.56 Å². The lowest BCUT2D eigenvalue weighted by Gasteiger charge is -2.23. The summed E-state index contributed by atoms with van der Waals surface area (Å²) in [6.07, 6.45) is 0.704. The van der Waals surface area contributed by atoms with Gasteiger partial charge in [-0.3, -0.25) is 0 Å². The number of rotatable bonds is 2. The molecule has 1 heterocycles. The first kappa shape index (κ1) is 11.4. The SMILES string of the molecule is CNS(=O)(=O)c1ccc2c(c1)C(N)CCO2. The van der Waals surface area contributed by atoms with Crippen molar-refractivity contribution >= 4 is 10.0 Å². The van der Waals surface area contributed by atoms with E-state index >= 15 is 0 Å². The lowest BCUT2D eigenvalue weighted by molar-refractivity contribution is 0.268. The van der Waals surface area contributed by atoms with E-state index in [-0.39, 0.29) is 10.9 Å². The third-order valence-electron chi connectivity index (χ3n) is 2.65. The van der Waals surface area contributed by atoms with Crippen LogP contribution in [0, 0.1) is 0 Å². The van der Waals surface area contributed by atoms with Gasteiger partial charge in [0.1, 0.15) is 5.75 Å². The van der Waals surface area contributed by atoms with Gasteiger partial charge in [-0.15, -0.1) is 0 Å². The molecule has 16 heavy (non-hydrogen) atoms. The minimum absolute atomic E-state index is 0.157. The molecule has 2 rings (SSSR count). The highest BCUT2D eigenvalue weighted by molar-refractivity contribution is 7.89. The Balaban J connectivity index is 2.50. The maximum Gasteiger partial charge on any atom is 0.240 e. The summed E-state index contributed by atoms with van der Waals surface area (Å²) in [7, 11) is -2.04. The zero-order valence-corrected chi connectivity index (χ0v) is 9.75. The largest absolute Gasteiger partial charge is 0.493 e. The Bertz CT molecular complexity index is 499. The van der Waals surface area contributed by atoms with E-state index in [1.54, 1.807) is 12.1 Å². The number of sulfonamides is 1. The Morgan fingerprint density at radius 3 is 2.94 bits per heavy atom. The van der Waals surface area contributed by atoms with Gasteiger partial charge in [-0.2, -0.15) is 0 Å². The Kier molecular flexibility index (Phi) is 2.88. The van der Waals surface area contributed by atoms with Gasteiger partial charge in [0.25, 0.3) is 0 Å². The van der Waals surface area contributed by atoms with Crippen LogP contribution in [0.25, 0.3) is 0 Å². The molecular weight excluding hydrogens is 228 g/mol. The second kappa shape index (κ2) is 4.04. The van der Waals surface area contributed by atoms with Gasteiger partial charge in [-0.25, -0.2) is 13.1 Å². The van der Waals surface area contributed by atoms with Crippen LogP contribution in [-0.2, 0) is 10.0 Å². The highest BCUT2D eigenvalue weighted by Crippen LogP contribution is 2.32. The predicted molar refractivity (Wildman–Crippen MR) is 59.7 cm³/mol. The molecule has 0 aromatic heterocycles. The van der Waals surface area contributed by atoms with E-state index in [2.05, 4.69) is 4.72 Å². The van der Waals surface area contributed by atoms with Crippen molar-refractivity contribution < 1.29 is 13.2 Å². The molecule has 3 N–H and O–H groups in total. The molecule has 0 bridgehead atoms. The van der Waals surface area contributed by atoms with Crippen molar-refractivity contribution in [2.24, 2.45) is 5.73 Å². The number of nitrogens with two attached hydrogens (primary N) is 1. The molecule has 1 aliphatic heterocycles. The smallest absolute Gasteiger partial charge is 0.240 e. The van der Waals surface area contributed by atoms with Crippen molar-refractivity contribution in [2.75, 3.05) is 13.7 Å². The number of hydrogen-bond acceptors (Lipinski definition) is 4. The number of ether oxygens (including phenoxy) is 1. The molecule has 1 aromatic carbocycles. The number of hydrogen-bond donors (Lipinski definition) is 2. The van der Waals surface area contributed by atoms with E-state index < -0.39 is 10.0 Å². The molecule has 0 saturated heterocycles. The normalized spacial score (nSPS) is 20.0.